The minimum atomic E-state index is -4.71. The number of hydrogen-bond acceptors (Lipinski definition) is 3. The Morgan fingerprint density at radius 3 is 2.36 bits per heavy atom. The standard InChI is InChI=1S/C17H18F3N3O2/c18-17(19,20)25-15-8-6-14(7-9-15)23-16(21)22-10-11-24-12-13-4-2-1-3-5-13/h1-9H,10-12H2,(H3,21,22,23). The number of rotatable bonds is 7. The molecule has 0 radical (unpaired) electrons. The van der Waals surface area contributed by atoms with Gasteiger partial charge in [0.2, 0.25) is 0 Å². The lowest BCUT2D eigenvalue weighted by Gasteiger charge is -2.10. The van der Waals surface area contributed by atoms with Crippen LogP contribution < -0.4 is 15.8 Å². The number of hydrogen-bond donors (Lipinski definition) is 2. The van der Waals surface area contributed by atoms with Crippen molar-refractivity contribution in [2.45, 2.75) is 13.0 Å². The Balaban J connectivity index is 1.71. The molecule has 0 heterocycles. The molecule has 0 spiro atoms. The molecule has 0 atom stereocenters. The second kappa shape index (κ2) is 8.93. The molecule has 0 amide bonds. The molecule has 134 valence electrons. The molecule has 3 N–H and O–H groups in total. The molecule has 25 heavy (non-hydrogen) atoms. The van der Waals surface area contributed by atoms with Crippen molar-refractivity contribution in [2.24, 2.45) is 10.7 Å². The van der Waals surface area contributed by atoms with Gasteiger partial charge in [-0.15, -0.1) is 13.2 Å². The predicted octanol–water partition coefficient (Wildman–Crippen LogP) is 3.53. The topological polar surface area (TPSA) is 68.9 Å². The first-order chi connectivity index (χ1) is 11.9. The van der Waals surface area contributed by atoms with Crippen LogP contribution in [0.15, 0.2) is 59.6 Å². The van der Waals surface area contributed by atoms with Crippen LogP contribution in [0.3, 0.4) is 0 Å². The van der Waals surface area contributed by atoms with Gasteiger partial charge in [-0.3, -0.25) is 4.99 Å². The monoisotopic (exact) mass is 353 g/mol. The lowest BCUT2D eigenvalue weighted by Crippen LogP contribution is -2.23. The molecule has 2 aromatic carbocycles. The molecule has 0 aliphatic rings. The van der Waals surface area contributed by atoms with E-state index in [1.54, 1.807) is 0 Å². The van der Waals surface area contributed by atoms with E-state index in [1.807, 2.05) is 30.3 Å². The van der Waals surface area contributed by atoms with Gasteiger partial charge >= 0.3 is 6.36 Å². The molecule has 2 aromatic rings. The fourth-order valence-corrected chi connectivity index (χ4v) is 1.92. The molecule has 8 heteroatoms. The van der Waals surface area contributed by atoms with E-state index in [-0.39, 0.29) is 11.7 Å². The summed E-state index contributed by atoms with van der Waals surface area (Å²) in [5, 5.41) is 2.78. The molecule has 0 aromatic heterocycles. The van der Waals surface area contributed by atoms with Gasteiger partial charge < -0.3 is 20.5 Å². The highest BCUT2D eigenvalue weighted by Crippen LogP contribution is 2.23. The molecule has 0 saturated heterocycles. The van der Waals surface area contributed by atoms with Crippen molar-refractivity contribution in [3.05, 3.63) is 60.2 Å². The van der Waals surface area contributed by atoms with Gasteiger partial charge in [0.1, 0.15) is 5.75 Å². The maximum atomic E-state index is 12.1. The summed E-state index contributed by atoms with van der Waals surface area (Å²) in [5.74, 6) is -0.157. The van der Waals surface area contributed by atoms with Crippen molar-refractivity contribution >= 4 is 11.6 Å². The number of benzene rings is 2. The summed E-state index contributed by atoms with van der Waals surface area (Å²) >= 11 is 0. The van der Waals surface area contributed by atoms with E-state index in [0.717, 1.165) is 5.56 Å². The second-order valence-electron chi connectivity index (χ2n) is 5.00. The predicted molar refractivity (Wildman–Crippen MR) is 89.3 cm³/mol. The molecule has 0 fully saturated rings. The van der Waals surface area contributed by atoms with Gasteiger partial charge in [-0.05, 0) is 29.8 Å². The Bertz CT molecular complexity index is 674. The summed E-state index contributed by atoms with van der Waals surface area (Å²) in [6.45, 7) is 1.25. The Labute approximate surface area is 143 Å². The van der Waals surface area contributed by atoms with Gasteiger partial charge in [0.05, 0.1) is 19.8 Å². The van der Waals surface area contributed by atoms with Crippen LogP contribution in [-0.4, -0.2) is 25.5 Å². The minimum absolute atomic E-state index is 0.146. The number of alkyl halides is 3. The number of aliphatic imine (C=N–C) groups is 1. The van der Waals surface area contributed by atoms with Gasteiger partial charge in [0.25, 0.3) is 0 Å². The minimum Gasteiger partial charge on any atom is -0.406 e. The van der Waals surface area contributed by atoms with Crippen molar-refractivity contribution in [3.8, 4) is 5.75 Å². The number of guanidine groups is 1. The number of nitrogens with two attached hydrogens (primary N) is 1. The van der Waals surface area contributed by atoms with Crippen molar-refractivity contribution < 1.29 is 22.6 Å². The Kier molecular flexibility index (Phi) is 6.64. The number of anilines is 1. The highest BCUT2D eigenvalue weighted by molar-refractivity contribution is 5.92. The quantitative estimate of drug-likeness (QED) is 0.454. The smallest absolute Gasteiger partial charge is 0.406 e. The lowest BCUT2D eigenvalue weighted by molar-refractivity contribution is -0.274. The van der Waals surface area contributed by atoms with Crippen LogP contribution in [0.25, 0.3) is 0 Å². The van der Waals surface area contributed by atoms with Crippen molar-refractivity contribution in [1.82, 2.24) is 0 Å². The number of nitrogens with one attached hydrogen (secondary N) is 1. The SMILES string of the molecule is NC(=NCCOCc1ccccc1)Nc1ccc(OC(F)(F)F)cc1. The van der Waals surface area contributed by atoms with Gasteiger partial charge in [-0.1, -0.05) is 30.3 Å². The summed E-state index contributed by atoms with van der Waals surface area (Å²) in [6, 6.07) is 14.9. The zero-order valence-electron chi connectivity index (χ0n) is 13.3. The molecular weight excluding hydrogens is 335 g/mol. The largest absolute Gasteiger partial charge is 0.573 e. The first-order valence-corrected chi connectivity index (χ1v) is 7.47. The van der Waals surface area contributed by atoms with Crippen LogP contribution in [0.2, 0.25) is 0 Å². The zero-order chi connectivity index (χ0) is 18.1. The molecule has 0 saturated carbocycles. The molecule has 0 aliphatic heterocycles. The average Bonchev–Trinajstić information content (AvgIpc) is 2.56. The molecule has 0 aliphatic carbocycles. The van der Waals surface area contributed by atoms with Gasteiger partial charge in [0, 0.05) is 5.69 Å². The first kappa shape index (κ1) is 18.6. The third-order valence-corrected chi connectivity index (χ3v) is 2.99. The molecule has 2 rings (SSSR count). The Hall–Kier alpha value is -2.74. The van der Waals surface area contributed by atoms with Gasteiger partial charge in [-0.2, -0.15) is 0 Å². The average molecular weight is 353 g/mol. The van der Waals surface area contributed by atoms with Crippen LogP contribution in [0.1, 0.15) is 5.56 Å². The number of halogens is 3. The Morgan fingerprint density at radius 1 is 1.04 bits per heavy atom. The third kappa shape index (κ3) is 7.58. The van der Waals surface area contributed by atoms with Crippen LogP contribution in [-0.2, 0) is 11.3 Å². The van der Waals surface area contributed by atoms with Crippen LogP contribution >= 0.6 is 0 Å². The maximum Gasteiger partial charge on any atom is 0.573 e. The molecule has 0 bridgehead atoms. The molecule has 0 unspecified atom stereocenters. The molecule has 5 nitrogen and oxygen atoms in total. The van der Waals surface area contributed by atoms with E-state index in [1.165, 1.54) is 24.3 Å². The number of ether oxygens (including phenoxy) is 2. The van der Waals surface area contributed by atoms with E-state index in [0.29, 0.717) is 25.4 Å². The van der Waals surface area contributed by atoms with Crippen LogP contribution in [0, 0.1) is 0 Å². The van der Waals surface area contributed by atoms with E-state index in [9.17, 15) is 13.2 Å². The normalized spacial score (nSPS) is 12.0. The fourth-order valence-electron chi connectivity index (χ4n) is 1.92. The summed E-state index contributed by atoms with van der Waals surface area (Å²) in [4.78, 5) is 4.08. The van der Waals surface area contributed by atoms with E-state index >= 15 is 0 Å². The van der Waals surface area contributed by atoms with E-state index in [4.69, 9.17) is 10.5 Å². The van der Waals surface area contributed by atoms with Crippen molar-refractivity contribution in [3.63, 3.8) is 0 Å². The fraction of sp³-hybridized carbons (Fsp3) is 0.235. The van der Waals surface area contributed by atoms with Crippen molar-refractivity contribution in [2.75, 3.05) is 18.5 Å². The van der Waals surface area contributed by atoms with Crippen LogP contribution in [0.5, 0.6) is 5.75 Å². The summed E-state index contributed by atoms with van der Waals surface area (Å²) in [7, 11) is 0. The van der Waals surface area contributed by atoms with Crippen LogP contribution in [0.4, 0.5) is 18.9 Å². The summed E-state index contributed by atoms with van der Waals surface area (Å²) < 4.78 is 45.5. The summed E-state index contributed by atoms with van der Waals surface area (Å²) in [5.41, 5.74) is 7.28. The van der Waals surface area contributed by atoms with Crippen molar-refractivity contribution in [1.29, 1.82) is 0 Å². The number of nitrogens with zero attached hydrogens (tertiary/aromatic N) is 1. The van der Waals surface area contributed by atoms with E-state index < -0.39 is 6.36 Å². The van der Waals surface area contributed by atoms with Gasteiger partial charge in [-0.25, -0.2) is 0 Å². The first-order valence-electron chi connectivity index (χ1n) is 7.47. The highest BCUT2D eigenvalue weighted by atomic mass is 19.4. The maximum absolute atomic E-state index is 12.1. The second-order valence-corrected chi connectivity index (χ2v) is 5.00. The zero-order valence-corrected chi connectivity index (χ0v) is 13.3. The summed E-state index contributed by atoms with van der Waals surface area (Å²) in [6.07, 6.45) is -4.71. The third-order valence-electron chi connectivity index (χ3n) is 2.99. The molecular formula is C17H18F3N3O2. The highest BCUT2D eigenvalue weighted by Gasteiger charge is 2.30. The van der Waals surface area contributed by atoms with E-state index in [2.05, 4.69) is 15.0 Å². The lowest BCUT2D eigenvalue weighted by atomic mass is 10.2. The van der Waals surface area contributed by atoms with Gasteiger partial charge in [0.15, 0.2) is 5.96 Å². The Morgan fingerprint density at radius 2 is 1.72 bits per heavy atom.